The summed E-state index contributed by atoms with van der Waals surface area (Å²) >= 11 is 0. The first-order chi connectivity index (χ1) is 9.77. The van der Waals surface area contributed by atoms with Gasteiger partial charge in [0.05, 0.1) is 5.60 Å². The molecule has 122 valence electrons. The topological polar surface area (TPSA) is 61.8 Å². The fraction of sp³-hybridized carbons (Fsp3) is 0.938. The lowest BCUT2D eigenvalue weighted by Crippen LogP contribution is -2.62. The van der Waals surface area contributed by atoms with Crippen molar-refractivity contribution in [1.82, 2.24) is 10.2 Å². The van der Waals surface area contributed by atoms with Crippen molar-refractivity contribution in [2.75, 3.05) is 19.6 Å². The Balaban J connectivity index is 1.67. The number of ether oxygens (including phenoxy) is 1. The van der Waals surface area contributed by atoms with E-state index < -0.39 is 11.2 Å². The first-order valence-corrected chi connectivity index (χ1v) is 8.21. The second kappa shape index (κ2) is 6.53. The molecule has 0 aromatic heterocycles. The van der Waals surface area contributed by atoms with Crippen LogP contribution in [0.1, 0.15) is 59.3 Å². The monoisotopic (exact) mass is 298 g/mol. The molecule has 5 nitrogen and oxygen atoms in total. The molecule has 5 heteroatoms. The molecule has 0 atom stereocenters. The van der Waals surface area contributed by atoms with Gasteiger partial charge in [0, 0.05) is 25.7 Å². The third-order valence-electron chi connectivity index (χ3n) is 4.29. The molecule has 1 heterocycles. The number of nitrogens with one attached hydrogen (secondary N) is 1. The van der Waals surface area contributed by atoms with Crippen LogP contribution >= 0.6 is 0 Å². The Morgan fingerprint density at radius 2 is 1.81 bits per heavy atom. The van der Waals surface area contributed by atoms with Gasteiger partial charge in [0.1, 0.15) is 5.60 Å². The van der Waals surface area contributed by atoms with Crippen LogP contribution in [0.2, 0.25) is 0 Å². The standard InChI is InChI=1S/C16H30N2O3/c1-15(2,3)21-14(19)18-10-13(11-18)17-12-16(20)8-6-4-5-7-9-16/h13,17,20H,4-12H2,1-3H3. The fourth-order valence-electron chi connectivity index (χ4n) is 2.98. The quantitative estimate of drug-likeness (QED) is 0.785. The zero-order valence-electron chi connectivity index (χ0n) is 13.7. The van der Waals surface area contributed by atoms with Crippen LogP contribution < -0.4 is 5.32 Å². The molecule has 2 rings (SSSR count). The van der Waals surface area contributed by atoms with E-state index in [-0.39, 0.29) is 12.1 Å². The minimum absolute atomic E-state index is 0.242. The van der Waals surface area contributed by atoms with Crippen LogP contribution in [0.15, 0.2) is 0 Å². The molecule has 1 aliphatic heterocycles. The summed E-state index contributed by atoms with van der Waals surface area (Å²) in [7, 11) is 0. The zero-order chi connectivity index (χ0) is 15.5. The molecule has 2 fully saturated rings. The summed E-state index contributed by atoms with van der Waals surface area (Å²) in [5.74, 6) is 0. The van der Waals surface area contributed by atoms with Crippen molar-refractivity contribution in [2.24, 2.45) is 0 Å². The van der Waals surface area contributed by atoms with Gasteiger partial charge in [-0.1, -0.05) is 25.7 Å². The molecule has 0 spiro atoms. The molecule has 2 aliphatic rings. The van der Waals surface area contributed by atoms with Crippen LogP contribution in [-0.2, 0) is 4.74 Å². The van der Waals surface area contributed by atoms with Gasteiger partial charge < -0.3 is 20.1 Å². The SMILES string of the molecule is CC(C)(C)OC(=O)N1CC(NCC2(O)CCCCCC2)C1. The van der Waals surface area contributed by atoms with Crippen molar-refractivity contribution in [3.63, 3.8) is 0 Å². The summed E-state index contributed by atoms with van der Waals surface area (Å²) in [6.07, 6.45) is 6.25. The largest absolute Gasteiger partial charge is 0.444 e. The number of carbonyl (C=O) groups excluding carboxylic acids is 1. The van der Waals surface area contributed by atoms with Gasteiger partial charge in [-0.25, -0.2) is 4.79 Å². The summed E-state index contributed by atoms with van der Waals surface area (Å²) in [5.41, 5.74) is -0.992. The molecule has 0 unspecified atom stereocenters. The molecule has 21 heavy (non-hydrogen) atoms. The maximum atomic E-state index is 11.8. The molecule has 1 saturated heterocycles. The van der Waals surface area contributed by atoms with E-state index in [1.165, 1.54) is 12.8 Å². The normalized spacial score (nSPS) is 23.3. The number of hydrogen-bond donors (Lipinski definition) is 2. The number of rotatable bonds is 3. The second-order valence-electron chi connectivity index (χ2n) is 7.60. The molecule has 1 aliphatic carbocycles. The average Bonchev–Trinajstić information content (AvgIpc) is 2.50. The lowest BCUT2D eigenvalue weighted by molar-refractivity contribution is -0.00505. The van der Waals surface area contributed by atoms with Crippen molar-refractivity contribution in [1.29, 1.82) is 0 Å². The Labute approximate surface area is 128 Å². The van der Waals surface area contributed by atoms with E-state index >= 15 is 0 Å². The predicted octanol–water partition coefficient (Wildman–Crippen LogP) is 2.28. The van der Waals surface area contributed by atoms with Gasteiger partial charge >= 0.3 is 6.09 Å². The number of likely N-dealkylation sites (tertiary alicyclic amines) is 1. The van der Waals surface area contributed by atoms with Gasteiger partial charge in [-0.2, -0.15) is 0 Å². The highest BCUT2D eigenvalue weighted by Gasteiger charge is 2.35. The van der Waals surface area contributed by atoms with Crippen LogP contribution in [0.5, 0.6) is 0 Å². The Morgan fingerprint density at radius 3 is 2.33 bits per heavy atom. The maximum absolute atomic E-state index is 11.8. The predicted molar refractivity (Wildman–Crippen MR) is 82.2 cm³/mol. The highest BCUT2D eigenvalue weighted by molar-refractivity contribution is 5.69. The van der Waals surface area contributed by atoms with Crippen LogP contribution in [0.3, 0.4) is 0 Å². The van der Waals surface area contributed by atoms with E-state index in [2.05, 4.69) is 5.32 Å². The summed E-state index contributed by atoms with van der Waals surface area (Å²) in [6.45, 7) is 7.61. The van der Waals surface area contributed by atoms with Gasteiger partial charge in [0.25, 0.3) is 0 Å². The fourth-order valence-corrected chi connectivity index (χ4v) is 2.98. The minimum atomic E-state index is -0.553. The Bertz CT molecular complexity index is 351. The van der Waals surface area contributed by atoms with E-state index in [1.54, 1.807) is 4.90 Å². The van der Waals surface area contributed by atoms with E-state index in [0.29, 0.717) is 19.6 Å². The van der Waals surface area contributed by atoms with E-state index in [0.717, 1.165) is 25.7 Å². The highest BCUT2D eigenvalue weighted by Crippen LogP contribution is 2.26. The van der Waals surface area contributed by atoms with Gasteiger partial charge in [0.15, 0.2) is 0 Å². The summed E-state index contributed by atoms with van der Waals surface area (Å²) in [4.78, 5) is 13.5. The molecule has 0 aromatic carbocycles. The minimum Gasteiger partial charge on any atom is -0.444 e. The van der Waals surface area contributed by atoms with Crippen molar-refractivity contribution in [3.05, 3.63) is 0 Å². The van der Waals surface area contributed by atoms with Crippen LogP contribution in [0.25, 0.3) is 0 Å². The lowest BCUT2D eigenvalue weighted by Gasteiger charge is -2.41. The lowest BCUT2D eigenvalue weighted by atomic mass is 9.94. The third kappa shape index (κ3) is 5.15. The molecule has 0 bridgehead atoms. The van der Waals surface area contributed by atoms with E-state index in [9.17, 15) is 9.90 Å². The van der Waals surface area contributed by atoms with Crippen molar-refractivity contribution >= 4 is 6.09 Å². The average molecular weight is 298 g/mol. The summed E-state index contributed by atoms with van der Waals surface area (Å²) < 4.78 is 5.33. The van der Waals surface area contributed by atoms with Crippen molar-refractivity contribution in [3.8, 4) is 0 Å². The highest BCUT2D eigenvalue weighted by atomic mass is 16.6. The Kier molecular flexibility index (Phi) is 5.15. The molecule has 1 amide bonds. The number of amides is 1. The molecule has 1 saturated carbocycles. The molecule has 2 N–H and O–H groups in total. The third-order valence-corrected chi connectivity index (χ3v) is 4.29. The van der Waals surface area contributed by atoms with E-state index in [1.807, 2.05) is 20.8 Å². The number of nitrogens with zero attached hydrogens (tertiary/aromatic N) is 1. The van der Waals surface area contributed by atoms with Crippen molar-refractivity contribution in [2.45, 2.75) is 76.5 Å². The zero-order valence-corrected chi connectivity index (χ0v) is 13.7. The van der Waals surface area contributed by atoms with Crippen LogP contribution in [0, 0.1) is 0 Å². The Morgan fingerprint density at radius 1 is 1.24 bits per heavy atom. The molecule has 0 radical (unpaired) electrons. The molecule has 0 aromatic rings. The molecular weight excluding hydrogens is 268 g/mol. The first kappa shape index (κ1) is 16.6. The van der Waals surface area contributed by atoms with Crippen molar-refractivity contribution < 1.29 is 14.6 Å². The second-order valence-corrected chi connectivity index (χ2v) is 7.60. The van der Waals surface area contributed by atoms with E-state index in [4.69, 9.17) is 4.74 Å². The van der Waals surface area contributed by atoms with Gasteiger partial charge in [-0.05, 0) is 33.6 Å². The molecular formula is C16H30N2O3. The number of carbonyl (C=O) groups is 1. The number of aliphatic hydroxyl groups is 1. The first-order valence-electron chi connectivity index (χ1n) is 8.21. The van der Waals surface area contributed by atoms with Crippen LogP contribution in [0.4, 0.5) is 4.79 Å². The van der Waals surface area contributed by atoms with Gasteiger partial charge in [-0.3, -0.25) is 0 Å². The summed E-state index contributed by atoms with van der Waals surface area (Å²) in [6, 6.07) is 0.282. The maximum Gasteiger partial charge on any atom is 0.410 e. The van der Waals surface area contributed by atoms with Gasteiger partial charge in [-0.15, -0.1) is 0 Å². The van der Waals surface area contributed by atoms with Gasteiger partial charge in [0.2, 0.25) is 0 Å². The smallest absolute Gasteiger partial charge is 0.410 e. The van der Waals surface area contributed by atoms with Crippen LogP contribution in [-0.4, -0.2) is 53.0 Å². The summed E-state index contributed by atoms with van der Waals surface area (Å²) in [5, 5.41) is 14.0. The number of hydrogen-bond acceptors (Lipinski definition) is 4. The Hall–Kier alpha value is -0.810.